The van der Waals surface area contributed by atoms with Gasteiger partial charge in [-0.15, -0.1) is 11.3 Å². The van der Waals surface area contributed by atoms with Gasteiger partial charge < -0.3 is 10.4 Å². The van der Waals surface area contributed by atoms with Crippen LogP contribution < -0.4 is 5.32 Å². The van der Waals surface area contributed by atoms with Gasteiger partial charge in [0, 0.05) is 11.8 Å². The zero-order valence-electron chi connectivity index (χ0n) is 8.90. The van der Waals surface area contributed by atoms with Crippen LogP contribution in [0, 0.1) is 6.92 Å². The number of hydrogen-bond donors (Lipinski definition) is 2. The van der Waals surface area contributed by atoms with Crippen molar-refractivity contribution in [2.45, 2.75) is 6.92 Å². The molecule has 17 heavy (non-hydrogen) atoms. The molecule has 1 heterocycles. The van der Waals surface area contributed by atoms with Crippen LogP contribution in [0.4, 0.5) is 5.69 Å². The van der Waals surface area contributed by atoms with E-state index in [1.54, 1.807) is 18.5 Å². The summed E-state index contributed by atoms with van der Waals surface area (Å²) in [6.07, 6.45) is 0. The first-order valence-electron chi connectivity index (χ1n) is 4.78. The molecule has 0 aliphatic heterocycles. The minimum Gasteiger partial charge on any atom is -0.506 e. The maximum atomic E-state index is 11.8. The van der Waals surface area contributed by atoms with Crippen molar-refractivity contribution in [1.29, 1.82) is 0 Å². The summed E-state index contributed by atoms with van der Waals surface area (Å²) in [4.78, 5) is 16.4. The van der Waals surface area contributed by atoms with Crippen LogP contribution in [0.1, 0.15) is 15.4 Å². The third-order valence-electron chi connectivity index (χ3n) is 2.16. The lowest BCUT2D eigenvalue weighted by Crippen LogP contribution is -2.11. The molecule has 4 nitrogen and oxygen atoms in total. The van der Waals surface area contributed by atoms with Gasteiger partial charge in [0.25, 0.3) is 5.91 Å². The summed E-state index contributed by atoms with van der Waals surface area (Å²) in [6.45, 7) is 1.77. The van der Waals surface area contributed by atoms with E-state index in [4.69, 9.17) is 11.6 Å². The number of phenolic OH excluding ortho intramolecular Hbond substituents is 1. The number of nitrogens with zero attached hydrogens (tertiary/aromatic N) is 1. The number of aryl methyl sites for hydroxylation is 1. The summed E-state index contributed by atoms with van der Waals surface area (Å²) in [6, 6.07) is 4.54. The number of phenols is 1. The lowest BCUT2D eigenvalue weighted by Gasteiger charge is -2.05. The zero-order chi connectivity index (χ0) is 12.4. The molecular formula is C11H9ClN2O2S. The Morgan fingerprint density at radius 3 is 2.88 bits per heavy atom. The molecule has 0 saturated carbocycles. The normalized spacial score (nSPS) is 10.2. The number of rotatable bonds is 2. The molecule has 2 rings (SSSR count). The Morgan fingerprint density at radius 1 is 1.53 bits per heavy atom. The molecule has 0 saturated heterocycles. The van der Waals surface area contributed by atoms with Crippen LogP contribution in [-0.2, 0) is 0 Å². The maximum Gasteiger partial charge on any atom is 0.267 e. The van der Waals surface area contributed by atoms with Gasteiger partial charge in [-0.3, -0.25) is 4.79 Å². The van der Waals surface area contributed by atoms with E-state index < -0.39 is 0 Å². The van der Waals surface area contributed by atoms with Crippen LogP contribution >= 0.6 is 22.9 Å². The van der Waals surface area contributed by atoms with Crippen molar-refractivity contribution in [2.24, 2.45) is 0 Å². The third kappa shape index (κ3) is 2.57. The fraction of sp³-hybridized carbons (Fsp3) is 0.0909. The Hall–Kier alpha value is -1.59. The molecule has 6 heteroatoms. The van der Waals surface area contributed by atoms with E-state index in [2.05, 4.69) is 10.3 Å². The van der Waals surface area contributed by atoms with E-state index in [-0.39, 0.29) is 16.7 Å². The molecule has 0 fully saturated rings. The zero-order valence-corrected chi connectivity index (χ0v) is 10.5. The Bertz CT molecular complexity index is 568. The van der Waals surface area contributed by atoms with Crippen molar-refractivity contribution < 1.29 is 9.90 Å². The molecule has 2 aromatic rings. The summed E-state index contributed by atoms with van der Waals surface area (Å²) in [5.74, 6) is -0.308. The van der Waals surface area contributed by atoms with E-state index in [9.17, 15) is 9.90 Å². The molecule has 0 aliphatic carbocycles. The van der Waals surface area contributed by atoms with Crippen molar-refractivity contribution >= 4 is 34.5 Å². The van der Waals surface area contributed by atoms with Gasteiger partial charge in [-0.05, 0) is 19.1 Å². The average Bonchev–Trinajstić information content (AvgIpc) is 2.70. The lowest BCUT2D eigenvalue weighted by atomic mass is 10.3. The van der Waals surface area contributed by atoms with E-state index in [0.717, 1.165) is 0 Å². The van der Waals surface area contributed by atoms with Crippen LogP contribution in [0.25, 0.3) is 0 Å². The van der Waals surface area contributed by atoms with E-state index in [1.807, 2.05) is 0 Å². The van der Waals surface area contributed by atoms with Gasteiger partial charge in [-0.2, -0.15) is 0 Å². The van der Waals surface area contributed by atoms with E-state index in [1.165, 1.54) is 23.5 Å². The Labute approximate surface area is 107 Å². The first-order chi connectivity index (χ1) is 8.08. The molecule has 1 amide bonds. The summed E-state index contributed by atoms with van der Waals surface area (Å²) < 4.78 is 0. The molecule has 1 aromatic heterocycles. The monoisotopic (exact) mass is 268 g/mol. The number of anilines is 1. The highest BCUT2D eigenvalue weighted by molar-refractivity contribution is 7.12. The van der Waals surface area contributed by atoms with Gasteiger partial charge in [0.05, 0.1) is 16.2 Å². The van der Waals surface area contributed by atoms with Gasteiger partial charge >= 0.3 is 0 Å². The van der Waals surface area contributed by atoms with Gasteiger partial charge in [0.1, 0.15) is 10.6 Å². The van der Waals surface area contributed by atoms with Crippen molar-refractivity contribution in [3.05, 3.63) is 39.3 Å². The molecule has 0 unspecified atom stereocenters. The Morgan fingerprint density at radius 2 is 2.29 bits per heavy atom. The molecule has 88 valence electrons. The SMILES string of the molecule is Cc1ncsc1C(=O)Nc1ccc(Cl)c(O)c1. The minimum atomic E-state index is -0.244. The number of hydrogen-bond acceptors (Lipinski definition) is 4. The number of carbonyl (C=O) groups is 1. The Kier molecular flexibility index (Phi) is 3.31. The third-order valence-corrected chi connectivity index (χ3v) is 3.40. The first-order valence-corrected chi connectivity index (χ1v) is 6.03. The van der Waals surface area contributed by atoms with Gasteiger partial charge in [0.15, 0.2) is 0 Å². The van der Waals surface area contributed by atoms with Crippen molar-refractivity contribution in [2.75, 3.05) is 5.32 Å². The van der Waals surface area contributed by atoms with Crippen LogP contribution in [0.3, 0.4) is 0 Å². The number of nitrogens with one attached hydrogen (secondary N) is 1. The van der Waals surface area contributed by atoms with Crippen molar-refractivity contribution in [3.63, 3.8) is 0 Å². The lowest BCUT2D eigenvalue weighted by molar-refractivity contribution is 0.103. The molecule has 0 aliphatic rings. The number of halogens is 1. The second-order valence-electron chi connectivity index (χ2n) is 3.39. The quantitative estimate of drug-likeness (QED) is 0.880. The van der Waals surface area contributed by atoms with Gasteiger partial charge in [0.2, 0.25) is 0 Å². The van der Waals surface area contributed by atoms with Crippen LogP contribution in [0.15, 0.2) is 23.7 Å². The molecule has 0 radical (unpaired) electrons. The molecule has 0 spiro atoms. The highest BCUT2D eigenvalue weighted by atomic mass is 35.5. The number of amides is 1. The van der Waals surface area contributed by atoms with Gasteiger partial charge in [-0.25, -0.2) is 4.98 Å². The summed E-state index contributed by atoms with van der Waals surface area (Å²) in [5.41, 5.74) is 2.79. The van der Waals surface area contributed by atoms with Gasteiger partial charge in [-0.1, -0.05) is 11.6 Å². The summed E-state index contributed by atoms with van der Waals surface area (Å²) in [7, 11) is 0. The maximum absolute atomic E-state index is 11.8. The molecule has 0 bridgehead atoms. The number of aromatic nitrogens is 1. The molecule has 0 atom stereocenters. The van der Waals surface area contributed by atoms with Crippen LogP contribution in [-0.4, -0.2) is 16.0 Å². The summed E-state index contributed by atoms with van der Waals surface area (Å²) >= 11 is 6.94. The van der Waals surface area contributed by atoms with E-state index >= 15 is 0 Å². The highest BCUT2D eigenvalue weighted by Gasteiger charge is 2.12. The second-order valence-corrected chi connectivity index (χ2v) is 4.65. The van der Waals surface area contributed by atoms with Crippen molar-refractivity contribution in [3.8, 4) is 5.75 Å². The second kappa shape index (κ2) is 4.73. The number of aromatic hydroxyl groups is 1. The fourth-order valence-electron chi connectivity index (χ4n) is 1.30. The fourth-order valence-corrected chi connectivity index (χ4v) is 2.11. The van der Waals surface area contributed by atoms with Crippen molar-refractivity contribution in [1.82, 2.24) is 4.98 Å². The molecule has 2 N–H and O–H groups in total. The standard InChI is InChI=1S/C11H9ClN2O2S/c1-6-10(17-5-13-6)11(16)14-7-2-3-8(12)9(15)4-7/h2-5,15H,1H3,(H,14,16). The topological polar surface area (TPSA) is 62.2 Å². The largest absolute Gasteiger partial charge is 0.506 e. The summed E-state index contributed by atoms with van der Waals surface area (Å²) in [5, 5.41) is 12.3. The van der Waals surface area contributed by atoms with Crippen LogP contribution in [0.5, 0.6) is 5.75 Å². The predicted molar refractivity (Wildman–Crippen MR) is 67.9 cm³/mol. The Balaban J connectivity index is 2.19. The molecular weight excluding hydrogens is 260 g/mol. The van der Waals surface area contributed by atoms with Crippen LogP contribution in [0.2, 0.25) is 5.02 Å². The highest BCUT2D eigenvalue weighted by Crippen LogP contribution is 2.26. The number of benzene rings is 1. The number of carbonyl (C=O) groups excluding carboxylic acids is 1. The molecule has 1 aromatic carbocycles. The van der Waals surface area contributed by atoms with E-state index in [0.29, 0.717) is 16.3 Å². The number of thiazole rings is 1. The minimum absolute atomic E-state index is 0.0644. The smallest absolute Gasteiger partial charge is 0.267 e. The first kappa shape index (κ1) is 11.9. The predicted octanol–water partition coefficient (Wildman–Crippen LogP) is 3.06. The average molecular weight is 269 g/mol.